The van der Waals surface area contributed by atoms with Gasteiger partial charge in [-0.2, -0.15) is 0 Å². The Kier molecular flexibility index (Phi) is 5.90. The topological polar surface area (TPSA) is 41.1 Å². The molecule has 0 bridgehead atoms. The number of anilines is 1. The highest BCUT2D eigenvalue weighted by Crippen LogP contribution is 2.39. The van der Waals surface area contributed by atoms with Gasteiger partial charge in [-0.3, -0.25) is 10.1 Å². The van der Waals surface area contributed by atoms with Crippen molar-refractivity contribution < 1.29 is 4.79 Å². The molecule has 132 valence electrons. The number of nitrogens with one attached hydrogen (secondary N) is 2. The molecule has 3 nitrogen and oxygen atoms in total. The SMILES string of the molecule is O=C(CNC1(c2ccc(Cl)cc2)CCCC1)Nc1c(Cl)cccc1Cl. The van der Waals surface area contributed by atoms with Gasteiger partial charge >= 0.3 is 0 Å². The van der Waals surface area contributed by atoms with Crippen molar-refractivity contribution in [2.75, 3.05) is 11.9 Å². The second kappa shape index (κ2) is 7.96. The van der Waals surface area contributed by atoms with Gasteiger partial charge in [0.1, 0.15) is 0 Å². The second-order valence-corrected chi connectivity index (χ2v) is 7.55. The number of benzene rings is 2. The Labute approximate surface area is 162 Å². The van der Waals surface area contributed by atoms with E-state index < -0.39 is 0 Å². The maximum absolute atomic E-state index is 12.4. The lowest BCUT2D eigenvalue weighted by atomic mass is 9.88. The van der Waals surface area contributed by atoms with Gasteiger partial charge in [0.2, 0.25) is 5.91 Å². The first-order valence-electron chi connectivity index (χ1n) is 8.25. The lowest BCUT2D eigenvalue weighted by Crippen LogP contribution is -2.44. The highest BCUT2D eigenvalue weighted by molar-refractivity contribution is 6.39. The third-order valence-corrected chi connectivity index (χ3v) is 5.55. The van der Waals surface area contributed by atoms with Crippen LogP contribution in [0.1, 0.15) is 31.2 Å². The van der Waals surface area contributed by atoms with E-state index in [2.05, 4.69) is 10.6 Å². The lowest BCUT2D eigenvalue weighted by molar-refractivity contribution is -0.115. The zero-order chi connectivity index (χ0) is 17.9. The van der Waals surface area contributed by atoms with Crippen LogP contribution in [0.25, 0.3) is 0 Å². The summed E-state index contributed by atoms with van der Waals surface area (Å²) in [6.07, 6.45) is 4.25. The normalized spacial score (nSPS) is 16.0. The van der Waals surface area contributed by atoms with Crippen molar-refractivity contribution in [1.82, 2.24) is 5.32 Å². The van der Waals surface area contributed by atoms with E-state index in [-0.39, 0.29) is 18.0 Å². The summed E-state index contributed by atoms with van der Waals surface area (Å²) in [6, 6.07) is 13.0. The number of hydrogen-bond acceptors (Lipinski definition) is 2. The van der Waals surface area contributed by atoms with Crippen LogP contribution in [0.3, 0.4) is 0 Å². The van der Waals surface area contributed by atoms with Gasteiger partial charge in [-0.1, -0.05) is 65.8 Å². The van der Waals surface area contributed by atoms with E-state index in [4.69, 9.17) is 34.8 Å². The van der Waals surface area contributed by atoms with Crippen molar-refractivity contribution >= 4 is 46.4 Å². The zero-order valence-corrected chi connectivity index (χ0v) is 15.9. The number of amides is 1. The van der Waals surface area contributed by atoms with E-state index in [0.29, 0.717) is 20.8 Å². The van der Waals surface area contributed by atoms with Gasteiger partial charge in [0.05, 0.1) is 22.3 Å². The maximum Gasteiger partial charge on any atom is 0.238 e. The van der Waals surface area contributed by atoms with E-state index in [1.54, 1.807) is 18.2 Å². The Morgan fingerprint density at radius 3 is 2.16 bits per heavy atom. The fraction of sp³-hybridized carbons (Fsp3) is 0.316. The van der Waals surface area contributed by atoms with E-state index in [1.165, 1.54) is 0 Å². The first-order chi connectivity index (χ1) is 12.0. The van der Waals surface area contributed by atoms with Crippen LogP contribution in [-0.4, -0.2) is 12.5 Å². The summed E-state index contributed by atoms with van der Waals surface area (Å²) in [7, 11) is 0. The van der Waals surface area contributed by atoms with Gasteiger partial charge in [-0.05, 0) is 42.7 Å². The Morgan fingerprint density at radius 1 is 0.960 bits per heavy atom. The molecule has 0 aromatic heterocycles. The molecule has 0 atom stereocenters. The van der Waals surface area contributed by atoms with Crippen LogP contribution in [0, 0.1) is 0 Å². The molecule has 0 saturated heterocycles. The first-order valence-corrected chi connectivity index (χ1v) is 9.38. The molecule has 1 amide bonds. The van der Waals surface area contributed by atoms with Gasteiger partial charge < -0.3 is 5.32 Å². The quantitative estimate of drug-likeness (QED) is 0.685. The largest absolute Gasteiger partial charge is 0.322 e. The molecule has 1 saturated carbocycles. The molecule has 2 aromatic rings. The predicted molar refractivity (Wildman–Crippen MR) is 105 cm³/mol. The van der Waals surface area contributed by atoms with Crippen LogP contribution in [0.2, 0.25) is 15.1 Å². The summed E-state index contributed by atoms with van der Waals surface area (Å²) in [6.45, 7) is 0.185. The van der Waals surface area contributed by atoms with Gasteiger partial charge in [-0.15, -0.1) is 0 Å². The summed E-state index contributed by atoms with van der Waals surface area (Å²) >= 11 is 18.2. The maximum atomic E-state index is 12.4. The summed E-state index contributed by atoms with van der Waals surface area (Å²) in [5.74, 6) is -0.171. The molecule has 0 heterocycles. The fourth-order valence-electron chi connectivity index (χ4n) is 3.37. The van der Waals surface area contributed by atoms with Gasteiger partial charge in [-0.25, -0.2) is 0 Å². The summed E-state index contributed by atoms with van der Waals surface area (Å²) in [4.78, 5) is 12.4. The molecule has 1 aliphatic carbocycles. The van der Waals surface area contributed by atoms with E-state index >= 15 is 0 Å². The molecular formula is C19H19Cl3N2O. The molecule has 0 aliphatic heterocycles. The molecule has 3 rings (SSSR count). The van der Waals surface area contributed by atoms with Crippen molar-refractivity contribution in [3.05, 3.63) is 63.1 Å². The van der Waals surface area contributed by atoms with Crippen LogP contribution < -0.4 is 10.6 Å². The smallest absolute Gasteiger partial charge is 0.238 e. The molecule has 0 unspecified atom stereocenters. The Morgan fingerprint density at radius 2 is 1.56 bits per heavy atom. The standard InChI is InChI=1S/C19H19Cl3N2O/c20-14-8-6-13(7-9-14)19(10-1-2-11-19)23-12-17(25)24-18-15(21)4-3-5-16(18)22/h3-9,23H,1-2,10-12H2,(H,24,25). The van der Waals surface area contributed by atoms with Crippen molar-refractivity contribution in [2.45, 2.75) is 31.2 Å². The van der Waals surface area contributed by atoms with Crippen LogP contribution in [0.15, 0.2) is 42.5 Å². The van der Waals surface area contributed by atoms with Gasteiger partial charge in [0.15, 0.2) is 0 Å². The molecule has 2 N–H and O–H groups in total. The third-order valence-electron chi connectivity index (χ3n) is 4.67. The highest BCUT2D eigenvalue weighted by atomic mass is 35.5. The van der Waals surface area contributed by atoms with Crippen molar-refractivity contribution in [1.29, 1.82) is 0 Å². The fourth-order valence-corrected chi connectivity index (χ4v) is 3.98. The number of para-hydroxylation sites is 1. The van der Waals surface area contributed by atoms with E-state index in [0.717, 1.165) is 31.2 Å². The van der Waals surface area contributed by atoms with Crippen LogP contribution >= 0.6 is 34.8 Å². The molecule has 1 aliphatic rings. The van der Waals surface area contributed by atoms with Crippen molar-refractivity contribution in [3.63, 3.8) is 0 Å². The minimum atomic E-state index is -0.188. The van der Waals surface area contributed by atoms with Crippen LogP contribution in [0.5, 0.6) is 0 Å². The highest BCUT2D eigenvalue weighted by Gasteiger charge is 2.35. The molecule has 0 radical (unpaired) electrons. The lowest BCUT2D eigenvalue weighted by Gasteiger charge is -2.31. The summed E-state index contributed by atoms with van der Waals surface area (Å²) in [5.41, 5.74) is 1.43. The Balaban J connectivity index is 1.70. The second-order valence-electron chi connectivity index (χ2n) is 6.29. The predicted octanol–water partition coefficient (Wildman–Crippen LogP) is 5.64. The molecule has 2 aromatic carbocycles. The van der Waals surface area contributed by atoms with E-state index in [9.17, 15) is 4.79 Å². The average Bonchev–Trinajstić information content (AvgIpc) is 3.07. The average molecular weight is 398 g/mol. The molecule has 6 heteroatoms. The molecule has 25 heavy (non-hydrogen) atoms. The summed E-state index contributed by atoms with van der Waals surface area (Å²) < 4.78 is 0. The number of carbonyl (C=O) groups excluding carboxylic acids is 1. The van der Waals surface area contributed by atoms with Crippen molar-refractivity contribution in [2.24, 2.45) is 0 Å². The summed E-state index contributed by atoms with van der Waals surface area (Å²) in [5, 5.41) is 7.80. The van der Waals surface area contributed by atoms with Crippen molar-refractivity contribution in [3.8, 4) is 0 Å². The number of halogens is 3. The van der Waals surface area contributed by atoms with E-state index in [1.807, 2.05) is 24.3 Å². The zero-order valence-electron chi connectivity index (χ0n) is 13.6. The van der Waals surface area contributed by atoms with Gasteiger partial charge in [0, 0.05) is 10.6 Å². The molecular weight excluding hydrogens is 379 g/mol. The number of carbonyl (C=O) groups is 1. The van der Waals surface area contributed by atoms with Crippen LogP contribution in [0.4, 0.5) is 5.69 Å². The monoisotopic (exact) mass is 396 g/mol. The molecule has 1 fully saturated rings. The Bertz CT molecular complexity index is 736. The number of rotatable bonds is 5. The molecule has 0 spiro atoms. The minimum absolute atomic E-state index is 0.171. The van der Waals surface area contributed by atoms with Gasteiger partial charge in [0.25, 0.3) is 0 Å². The minimum Gasteiger partial charge on any atom is -0.322 e. The third kappa shape index (κ3) is 4.29. The van der Waals surface area contributed by atoms with Crippen LogP contribution in [-0.2, 0) is 10.3 Å². The first kappa shape index (κ1) is 18.5. The number of hydrogen-bond donors (Lipinski definition) is 2. The Hall–Kier alpha value is -1.26.